The lowest BCUT2D eigenvalue weighted by Crippen LogP contribution is -2.66. The van der Waals surface area contributed by atoms with Crippen molar-refractivity contribution in [3.63, 3.8) is 0 Å². The molecule has 0 bridgehead atoms. The van der Waals surface area contributed by atoms with E-state index in [9.17, 15) is 9.90 Å². The van der Waals surface area contributed by atoms with Gasteiger partial charge in [-0.25, -0.2) is 4.79 Å². The number of nitrogens with one attached hydrogen (secondary N) is 2. The summed E-state index contributed by atoms with van der Waals surface area (Å²) in [5.41, 5.74) is 17.7. The SMILES string of the molecule is Nc1n[nH]c2cc(CN3C(=O)N(Cc4ccc5c(N)n[nH]c5c4)[C@H](Cc4ccccc4)[C@H](O)[C@H]3CCc3ccccc3)ccc12. The third-order valence-corrected chi connectivity index (χ3v) is 8.96. The topological polar surface area (TPSA) is 153 Å². The summed E-state index contributed by atoms with van der Waals surface area (Å²) in [6.07, 6.45) is 1.08. The predicted octanol–water partition coefficient (Wildman–Crippen LogP) is 5.02. The second-order valence-corrected chi connectivity index (χ2v) is 11.9. The highest BCUT2D eigenvalue weighted by molar-refractivity contribution is 5.90. The van der Waals surface area contributed by atoms with Crippen LogP contribution in [0.1, 0.15) is 28.7 Å². The zero-order valence-electron chi connectivity index (χ0n) is 24.8. The molecule has 45 heavy (non-hydrogen) atoms. The van der Waals surface area contributed by atoms with E-state index < -0.39 is 18.2 Å². The number of anilines is 2. The van der Waals surface area contributed by atoms with Crippen LogP contribution in [0.25, 0.3) is 21.8 Å². The number of carbonyl (C=O) groups excluding carboxylic acids is 1. The normalized spacial score (nSPS) is 18.7. The maximum atomic E-state index is 14.7. The summed E-state index contributed by atoms with van der Waals surface area (Å²) in [6, 6.07) is 31.0. The Morgan fingerprint density at radius 2 is 1.18 bits per heavy atom. The quantitative estimate of drug-likeness (QED) is 0.157. The minimum absolute atomic E-state index is 0.118. The molecule has 0 spiro atoms. The first-order chi connectivity index (χ1) is 21.9. The van der Waals surface area contributed by atoms with E-state index in [2.05, 4.69) is 32.5 Å². The molecule has 1 aliphatic heterocycles. The van der Waals surface area contributed by atoms with Crippen molar-refractivity contribution in [2.45, 2.75) is 50.5 Å². The highest BCUT2D eigenvalue weighted by atomic mass is 16.3. The van der Waals surface area contributed by atoms with Gasteiger partial charge in [0.2, 0.25) is 0 Å². The van der Waals surface area contributed by atoms with Crippen molar-refractivity contribution in [2.24, 2.45) is 0 Å². The number of carbonyl (C=O) groups is 1. The Balaban J connectivity index is 1.26. The minimum atomic E-state index is -0.801. The average molecular weight is 601 g/mol. The van der Waals surface area contributed by atoms with Gasteiger partial charge in [0, 0.05) is 23.9 Å². The van der Waals surface area contributed by atoms with Gasteiger partial charge < -0.3 is 26.4 Å². The number of aromatic amines is 2. The van der Waals surface area contributed by atoms with E-state index in [-0.39, 0.29) is 6.03 Å². The van der Waals surface area contributed by atoms with Gasteiger partial charge in [-0.05, 0) is 65.8 Å². The standard InChI is InChI=1S/C35H36N8O2/c36-33-26-14-11-24(17-28(26)38-40-33)20-42-30(16-13-22-7-3-1-4-8-22)32(44)31(19-23-9-5-2-6-10-23)43(35(42)45)21-25-12-15-27-29(18-25)39-41-34(27)37/h1-12,14-15,17-18,30-32,44H,13,16,19-21H2,(H3,36,38,40)(H3,37,39,41)/t30-,31-,32-/m1/s1. The molecule has 1 saturated heterocycles. The van der Waals surface area contributed by atoms with Crippen molar-refractivity contribution in [3.05, 3.63) is 119 Å². The summed E-state index contributed by atoms with van der Waals surface area (Å²) in [4.78, 5) is 18.4. The maximum absolute atomic E-state index is 14.7. The number of fused-ring (bicyclic) bond motifs is 2. The van der Waals surface area contributed by atoms with E-state index >= 15 is 0 Å². The molecule has 10 nitrogen and oxygen atoms in total. The number of urea groups is 1. The summed E-state index contributed by atoms with van der Waals surface area (Å²) in [5, 5.41) is 28.1. The van der Waals surface area contributed by atoms with Crippen LogP contribution in [-0.4, -0.2) is 59.5 Å². The summed E-state index contributed by atoms with van der Waals surface area (Å²) < 4.78 is 0. The van der Waals surface area contributed by atoms with Gasteiger partial charge in [0.1, 0.15) is 0 Å². The van der Waals surface area contributed by atoms with Crippen LogP contribution in [-0.2, 0) is 25.9 Å². The highest BCUT2D eigenvalue weighted by Gasteiger charge is 2.45. The first kappa shape index (κ1) is 28.4. The Hall–Kier alpha value is -5.35. The monoisotopic (exact) mass is 600 g/mol. The number of aliphatic hydroxyl groups is 1. The summed E-state index contributed by atoms with van der Waals surface area (Å²) >= 11 is 0. The molecule has 4 aromatic carbocycles. The van der Waals surface area contributed by atoms with Crippen LogP contribution in [0, 0.1) is 0 Å². The smallest absolute Gasteiger partial charge is 0.321 e. The number of benzene rings is 4. The van der Waals surface area contributed by atoms with Crippen LogP contribution in [0.5, 0.6) is 0 Å². The molecule has 0 aliphatic carbocycles. The molecule has 2 amide bonds. The minimum Gasteiger partial charge on any atom is -0.389 e. The molecule has 0 saturated carbocycles. The zero-order chi connectivity index (χ0) is 30.9. The summed E-state index contributed by atoms with van der Waals surface area (Å²) in [7, 11) is 0. The van der Waals surface area contributed by atoms with E-state index in [0.717, 1.165) is 44.9 Å². The van der Waals surface area contributed by atoms with Crippen molar-refractivity contribution in [1.82, 2.24) is 30.2 Å². The van der Waals surface area contributed by atoms with Crippen molar-refractivity contribution < 1.29 is 9.90 Å². The van der Waals surface area contributed by atoms with Gasteiger partial charge in [-0.1, -0.05) is 72.8 Å². The first-order valence-electron chi connectivity index (χ1n) is 15.2. The number of hydrogen-bond acceptors (Lipinski definition) is 6. The highest BCUT2D eigenvalue weighted by Crippen LogP contribution is 2.32. The molecule has 1 fully saturated rings. The lowest BCUT2D eigenvalue weighted by atomic mass is 9.88. The van der Waals surface area contributed by atoms with Crippen molar-refractivity contribution in [3.8, 4) is 0 Å². The lowest BCUT2D eigenvalue weighted by Gasteiger charge is -2.49. The molecular formula is C35H36N8O2. The molecule has 2 aromatic heterocycles. The van der Waals surface area contributed by atoms with Gasteiger partial charge in [0.05, 0.1) is 29.2 Å². The molecule has 0 radical (unpaired) electrons. The third kappa shape index (κ3) is 5.67. The first-order valence-corrected chi connectivity index (χ1v) is 15.2. The Bertz CT molecular complexity index is 1940. The van der Waals surface area contributed by atoms with Gasteiger partial charge in [-0.2, -0.15) is 10.2 Å². The van der Waals surface area contributed by atoms with Gasteiger partial charge in [-0.15, -0.1) is 0 Å². The number of nitrogen functional groups attached to an aromatic ring is 2. The zero-order valence-corrected chi connectivity index (χ0v) is 24.8. The van der Waals surface area contributed by atoms with E-state index in [1.807, 2.05) is 94.7 Å². The Morgan fingerprint density at radius 1 is 0.667 bits per heavy atom. The summed E-state index contributed by atoms with van der Waals surface area (Å²) in [6.45, 7) is 0.648. The Kier molecular flexibility index (Phi) is 7.56. The van der Waals surface area contributed by atoms with E-state index in [1.54, 1.807) is 0 Å². The molecule has 7 N–H and O–H groups in total. The number of H-pyrrole nitrogens is 2. The predicted molar refractivity (Wildman–Crippen MR) is 176 cm³/mol. The molecule has 3 atom stereocenters. The Labute approximate surface area is 260 Å². The number of nitrogens with zero attached hydrogens (tertiary/aromatic N) is 4. The molecule has 6 aromatic rings. The number of amides is 2. The number of nitrogens with two attached hydrogens (primary N) is 2. The number of rotatable bonds is 9. The van der Waals surface area contributed by atoms with Crippen LogP contribution in [0.4, 0.5) is 16.4 Å². The van der Waals surface area contributed by atoms with Crippen LogP contribution >= 0.6 is 0 Å². The maximum Gasteiger partial charge on any atom is 0.321 e. The van der Waals surface area contributed by atoms with Crippen LogP contribution in [0.15, 0.2) is 97.1 Å². The summed E-state index contributed by atoms with van der Waals surface area (Å²) in [5.74, 6) is 0.874. The van der Waals surface area contributed by atoms with Crippen LogP contribution < -0.4 is 11.5 Å². The average Bonchev–Trinajstić information content (AvgIpc) is 3.63. The van der Waals surface area contributed by atoms with Crippen LogP contribution in [0.2, 0.25) is 0 Å². The molecule has 0 unspecified atom stereocenters. The molecule has 1 aliphatic rings. The molecule has 7 rings (SSSR count). The Morgan fingerprint density at radius 3 is 1.73 bits per heavy atom. The second-order valence-electron chi connectivity index (χ2n) is 11.9. The van der Waals surface area contributed by atoms with Crippen LogP contribution in [0.3, 0.4) is 0 Å². The lowest BCUT2D eigenvalue weighted by molar-refractivity contribution is -0.0453. The number of aryl methyl sites for hydroxylation is 1. The van der Waals surface area contributed by atoms with Gasteiger partial charge in [-0.3, -0.25) is 10.2 Å². The molecule has 10 heteroatoms. The third-order valence-electron chi connectivity index (χ3n) is 8.96. The fourth-order valence-corrected chi connectivity index (χ4v) is 6.58. The number of hydrogen-bond donors (Lipinski definition) is 5. The van der Waals surface area contributed by atoms with Gasteiger partial charge >= 0.3 is 6.03 Å². The van der Waals surface area contributed by atoms with Crippen molar-refractivity contribution in [1.29, 1.82) is 0 Å². The molecule has 228 valence electrons. The van der Waals surface area contributed by atoms with E-state index in [4.69, 9.17) is 11.5 Å². The largest absolute Gasteiger partial charge is 0.389 e. The number of aromatic nitrogens is 4. The van der Waals surface area contributed by atoms with E-state index in [0.29, 0.717) is 37.6 Å². The van der Waals surface area contributed by atoms with Gasteiger partial charge in [0.25, 0.3) is 0 Å². The second kappa shape index (κ2) is 12.0. The molecular weight excluding hydrogens is 564 g/mol. The fourth-order valence-electron chi connectivity index (χ4n) is 6.58. The van der Waals surface area contributed by atoms with Gasteiger partial charge in [0.15, 0.2) is 11.6 Å². The van der Waals surface area contributed by atoms with Crippen molar-refractivity contribution in [2.75, 3.05) is 11.5 Å². The molecule has 3 heterocycles. The van der Waals surface area contributed by atoms with E-state index in [1.165, 1.54) is 5.56 Å². The number of aliphatic hydroxyl groups excluding tert-OH is 1. The fraction of sp³-hybridized carbons (Fsp3) is 0.229. The van der Waals surface area contributed by atoms with Crippen molar-refractivity contribution >= 4 is 39.5 Å².